The van der Waals surface area contributed by atoms with Crippen LogP contribution in [0.25, 0.3) is 0 Å². The van der Waals surface area contributed by atoms with Crippen LogP contribution in [0.15, 0.2) is 59.5 Å². The maximum atomic E-state index is 12.7. The number of alkyl carbamates (subject to hydrolysis) is 1. The molecule has 0 spiro atoms. The van der Waals surface area contributed by atoms with Crippen molar-refractivity contribution in [2.75, 3.05) is 5.75 Å². The van der Waals surface area contributed by atoms with Crippen LogP contribution < -0.4 is 5.32 Å². The summed E-state index contributed by atoms with van der Waals surface area (Å²) in [5, 5.41) is 2.68. The van der Waals surface area contributed by atoms with Gasteiger partial charge in [0, 0.05) is 22.2 Å². The molecule has 1 atom stereocenters. The third-order valence-electron chi connectivity index (χ3n) is 4.11. The number of hydrogen-bond donors (Lipinski definition) is 1. The van der Waals surface area contributed by atoms with Gasteiger partial charge in [-0.25, -0.2) is 9.59 Å². The van der Waals surface area contributed by atoms with Gasteiger partial charge in [-0.1, -0.05) is 70.1 Å². The molecule has 0 radical (unpaired) electrons. The minimum atomic E-state index is -0.814. The van der Waals surface area contributed by atoms with Gasteiger partial charge < -0.3 is 14.8 Å². The summed E-state index contributed by atoms with van der Waals surface area (Å²) in [5.74, 6) is 1.72. The third kappa shape index (κ3) is 11.6. The zero-order valence-electron chi connectivity index (χ0n) is 20.8. The zero-order valence-corrected chi connectivity index (χ0v) is 23.2. The fraction of sp³-hybridized carbons (Fsp3) is 0.462. The smallest absolute Gasteiger partial charge is 0.408 e. The number of amides is 1. The quantitative estimate of drug-likeness (QED) is 0.264. The molecular formula is C26H35NO4S3. The van der Waals surface area contributed by atoms with Gasteiger partial charge >= 0.3 is 12.1 Å². The van der Waals surface area contributed by atoms with E-state index in [-0.39, 0.29) is 0 Å². The highest BCUT2D eigenvalue weighted by Crippen LogP contribution is 2.36. The van der Waals surface area contributed by atoms with Gasteiger partial charge in [0.2, 0.25) is 0 Å². The Labute approximate surface area is 215 Å². The van der Waals surface area contributed by atoms with E-state index in [9.17, 15) is 9.59 Å². The molecule has 0 bridgehead atoms. The summed E-state index contributed by atoms with van der Waals surface area (Å²) in [6, 6.07) is 17.9. The Hall–Kier alpha value is -1.77. The van der Waals surface area contributed by atoms with Crippen LogP contribution in [0.5, 0.6) is 0 Å². The molecule has 1 amide bonds. The van der Waals surface area contributed by atoms with Gasteiger partial charge in [-0.05, 0) is 58.7 Å². The first kappa shape index (κ1) is 28.5. The fourth-order valence-corrected chi connectivity index (χ4v) is 6.22. The maximum Gasteiger partial charge on any atom is 0.408 e. The Kier molecular flexibility index (Phi) is 11.2. The Bertz CT molecular complexity index is 924. The zero-order chi connectivity index (χ0) is 25.2. The number of benzene rings is 2. The Morgan fingerprint density at radius 3 is 2.12 bits per heavy atom. The van der Waals surface area contributed by atoms with E-state index in [0.29, 0.717) is 5.75 Å². The molecule has 186 valence electrons. The average Bonchev–Trinajstić information content (AvgIpc) is 2.72. The van der Waals surface area contributed by atoms with Gasteiger partial charge in [0.1, 0.15) is 17.2 Å². The van der Waals surface area contributed by atoms with Gasteiger partial charge in [0.15, 0.2) is 0 Å². The van der Waals surface area contributed by atoms with E-state index >= 15 is 0 Å². The summed E-state index contributed by atoms with van der Waals surface area (Å²) in [5.41, 5.74) is 1.25. The molecule has 0 saturated heterocycles. The lowest BCUT2D eigenvalue weighted by Crippen LogP contribution is -2.47. The molecule has 8 heteroatoms. The molecule has 1 N–H and O–H groups in total. The van der Waals surface area contributed by atoms with E-state index in [0.717, 1.165) is 16.4 Å². The van der Waals surface area contributed by atoms with E-state index in [1.165, 1.54) is 21.9 Å². The first-order valence-corrected chi connectivity index (χ1v) is 14.6. The number of ether oxygens (including phenoxy) is 2. The number of carbonyl (C=O) groups is 2. The van der Waals surface area contributed by atoms with E-state index in [2.05, 4.69) is 41.7 Å². The second-order valence-corrected chi connectivity index (χ2v) is 13.1. The number of hydrogen-bond acceptors (Lipinski definition) is 7. The van der Waals surface area contributed by atoms with Gasteiger partial charge in [0.25, 0.3) is 0 Å². The molecule has 0 aliphatic heterocycles. The van der Waals surface area contributed by atoms with Crippen molar-refractivity contribution in [1.82, 2.24) is 5.32 Å². The van der Waals surface area contributed by atoms with Crippen LogP contribution in [0.3, 0.4) is 0 Å². The molecule has 2 aromatic carbocycles. The van der Waals surface area contributed by atoms with Crippen LogP contribution in [0.1, 0.15) is 52.7 Å². The highest BCUT2D eigenvalue weighted by Gasteiger charge is 2.29. The topological polar surface area (TPSA) is 64.6 Å². The largest absolute Gasteiger partial charge is 0.458 e. The molecule has 0 saturated carbocycles. The van der Waals surface area contributed by atoms with Crippen molar-refractivity contribution in [3.63, 3.8) is 0 Å². The van der Waals surface area contributed by atoms with Crippen molar-refractivity contribution in [1.29, 1.82) is 0 Å². The third-order valence-corrected chi connectivity index (χ3v) is 7.63. The SMILES string of the molecule is CC(C)(C)OC(=O)NC(CSSc1ccccc1CSCc1ccccc1)C(=O)OC(C)(C)C. The second-order valence-electron chi connectivity index (χ2n) is 9.69. The molecule has 2 rings (SSSR count). The molecule has 0 heterocycles. The number of carbonyl (C=O) groups excluding carboxylic acids is 2. The van der Waals surface area contributed by atoms with Crippen molar-refractivity contribution < 1.29 is 19.1 Å². The number of esters is 1. The molecule has 0 fully saturated rings. The second kappa shape index (κ2) is 13.4. The van der Waals surface area contributed by atoms with Gasteiger partial charge in [0.05, 0.1) is 0 Å². The summed E-state index contributed by atoms with van der Waals surface area (Å²) in [6.45, 7) is 10.8. The molecule has 0 aliphatic carbocycles. The number of rotatable bonds is 10. The van der Waals surface area contributed by atoms with Gasteiger partial charge in [-0.3, -0.25) is 0 Å². The molecule has 1 unspecified atom stereocenters. The fourth-order valence-electron chi connectivity index (χ4n) is 2.71. The molecule has 2 aromatic rings. The monoisotopic (exact) mass is 521 g/mol. The molecule has 0 aliphatic rings. The van der Waals surface area contributed by atoms with Crippen molar-refractivity contribution >= 4 is 45.4 Å². The van der Waals surface area contributed by atoms with E-state index < -0.39 is 29.3 Å². The lowest BCUT2D eigenvalue weighted by atomic mass is 10.2. The lowest BCUT2D eigenvalue weighted by molar-refractivity contribution is -0.156. The predicted octanol–water partition coefficient (Wildman–Crippen LogP) is 7.10. The van der Waals surface area contributed by atoms with E-state index in [1.54, 1.807) is 52.3 Å². The van der Waals surface area contributed by atoms with Crippen molar-refractivity contribution in [2.24, 2.45) is 0 Å². The minimum Gasteiger partial charge on any atom is -0.458 e. The highest BCUT2D eigenvalue weighted by atomic mass is 33.1. The molecule has 5 nitrogen and oxygen atoms in total. The normalized spacial score (nSPS) is 12.6. The first-order valence-electron chi connectivity index (χ1n) is 11.1. The van der Waals surface area contributed by atoms with Crippen molar-refractivity contribution in [3.8, 4) is 0 Å². The van der Waals surface area contributed by atoms with Crippen LogP contribution >= 0.6 is 33.3 Å². The Morgan fingerprint density at radius 1 is 0.853 bits per heavy atom. The average molecular weight is 522 g/mol. The molecular weight excluding hydrogens is 486 g/mol. The predicted molar refractivity (Wildman–Crippen MR) is 145 cm³/mol. The summed E-state index contributed by atoms with van der Waals surface area (Å²) in [6.07, 6.45) is -0.633. The lowest BCUT2D eigenvalue weighted by Gasteiger charge is -2.26. The van der Waals surface area contributed by atoms with Crippen molar-refractivity contribution in [2.45, 2.75) is 75.2 Å². The number of thioether (sulfide) groups is 1. The van der Waals surface area contributed by atoms with E-state index in [4.69, 9.17) is 9.47 Å². The van der Waals surface area contributed by atoms with Crippen LogP contribution in [0.4, 0.5) is 4.79 Å². The number of nitrogens with one attached hydrogen (secondary N) is 1. The standard InChI is InChI=1S/C26H35NO4S3/c1-25(2,3)30-23(28)21(27-24(29)31-26(4,5)6)18-33-34-22-15-11-10-14-20(22)17-32-16-19-12-8-7-9-13-19/h7-15,21H,16-18H2,1-6H3,(H,27,29). The van der Waals surface area contributed by atoms with E-state index in [1.807, 2.05) is 30.0 Å². The van der Waals surface area contributed by atoms with Crippen LogP contribution in [-0.4, -0.2) is 35.1 Å². The Balaban J connectivity index is 1.96. The van der Waals surface area contributed by atoms with Crippen LogP contribution in [0.2, 0.25) is 0 Å². The molecule has 34 heavy (non-hydrogen) atoms. The Morgan fingerprint density at radius 2 is 1.47 bits per heavy atom. The van der Waals surface area contributed by atoms with Gasteiger partial charge in [-0.2, -0.15) is 11.8 Å². The summed E-state index contributed by atoms with van der Waals surface area (Å²) < 4.78 is 10.9. The first-order chi connectivity index (χ1) is 15.9. The van der Waals surface area contributed by atoms with Crippen molar-refractivity contribution in [3.05, 3.63) is 65.7 Å². The summed E-state index contributed by atoms with van der Waals surface area (Å²) in [7, 11) is 3.11. The maximum absolute atomic E-state index is 12.7. The van der Waals surface area contributed by atoms with Crippen LogP contribution in [0, 0.1) is 0 Å². The van der Waals surface area contributed by atoms with Gasteiger partial charge in [-0.15, -0.1) is 0 Å². The molecule has 0 aromatic heterocycles. The minimum absolute atomic E-state index is 0.352. The summed E-state index contributed by atoms with van der Waals surface area (Å²) in [4.78, 5) is 26.2. The van der Waals surface area contributed by atoms with Crippen LogP contribution in [-0.2, 0) is 25.8 Å². The summed E-state index contributed by atoms with van der Waals surface area (Å²) >= 11 is 1.87. The highest BCUT2D eigenvalue weighted by molar-refractivity contribution is 8.76.